The van der Waals surface area contributed by atoms with Crippen LogP contribution in [0.15, 0.2) is 41.8 Å². The van der Waals surface area contributed by atoms with Crippen molar-refractivity contribution in [3.8, 4) is 0 Å². The zero-order valence-electron chi connectivity index (χ0n) is 11.8. The summed E-state index contributed by atoms with van der Waals surface area (Å²) >= 11 is 7.37. The van der Waals surface area contributed by atoms with Crippen LogP contribution in [0.3, 0.4) is 0 Å². The molecule has 0 aliphatic rings. The van der Waals surface area contributed by atoms with Gasteiger partial charge in [-0.15, -0.1) is 22.9 Å². The highest BCUT2D eigenvalue weighted by molar-refractivity contribution is 7.88. The summed E-state index contributed by atoms with van der Waals surface area (Å²) in [4.78, 5) is 1.05. The Morgan fingerprint density at radius 3 is 2.57 bits per heavy atom. The van der Waals surface area contributed by atoms with E-state index in [1.807, 2.05) is 48.7 Å². The molecule has 0 fully saturated rings. The average Bonchev–Trinajstić information content (AvgIpc) is 2.97. The number of benzene rings is 1. The summed E-state index contributed by atoms with van der Waals surface area (Å²) in [6.45, 7) is 2.77. The average molecular weight is 344 g/mol. The van der Waals surface area contributed by atoms with Crippen molar-refractivity contribution in [1.82, 2.24) is 4.31 Å². The van der Waals surface area contributed by atoms with Crippen LogP contribution in [-0.2, 0) is 28.2 Å². The topological polar surface area (TPSA) is 37.4 Å². The molecule has 0 bridgehead atoms. The molecule has 2 aromatic rings. The summed E-state index contributed by atoms with van der Waals surface area (Å²) in [7, 11) is -3.33. The second kappa shape index (κ2) is 7.40. The highest BCUT2D eigenvalue weighted by atomic mass is 35.5. The van der Waals surface area contributed by atoms with Gasteiger partial charge in [0.05, 0.1) is 5.75 Å². The Morgan fingerprint density at radius 1 is 1.19 bits per heavy atom. The molecule has 6 heteroatoms. The Kier molecular flexibility index (Phi) is 5.81. The van der Waals surface area contributed by atoms with Crippen LogP contribution in [0.1, 0.15) is 22.9 Å². The molecule has 1 heterocycles. The van der Waals surface area contributed by atoms with Gasteiger partial charge in [-0.05, 0) is 22.6 Å². The number of sulfonamides is 1. The largest absolute Gasteiger partial charge is 0.218 e. The van der Waals surface area contributed by atoms with Gasteiger partial charge >= 0.3 is 0 Å². The van der Waals surface area contributed by atoms with Crippen molar-refractivity contribution in [1.29, 1.82) is 0 Å². The fraction of sp³-hybridized carbons (Fsp3) is 0.333. The van der Waals surface area contributed by atoms with Crippen LogP contribution in [0.2, 0.25) is 0 Å². The number of halogens is 1. The van der Waals surface area contributed by atoms with Gasteiger partial charge in [0, 0.05) is 23.8 Å². The molecule has 0 unspecified atom stereocenters. The maximum Gasteiger partial charge on any atom is 0.218 e. The minimum absolute atomic E-state index is 0.0109. The number of nitrogens with zero attached hydrogens (tertiary/aromatic N) is 1. The molecule has 0 aliphatic carbocycles. The molecule has 0 saturated carbocycles. The third-order valence-corrected chi connectivity index (χ3v) is 6.20. The van der Waals surface area contributed by atoms with Gasteiger partial charge in [0.2, 0.25) is 10.0 Å². The van der Waals surface area contributed by atoms with Gasteiger partial charge in [-0.2, -0.15) is 4.31 Å². The first-order valence-electron chi connectivity index (χ1n) is 6.69. The zero-order chi connectivity index (χ0) is 15.3. The van der Waals surface area contributed by atoms with E-state index in [0.717, 1.165) is 16.0 Å². The predicted molar refractivity (Wildman–Crippen MR) is 89.0 cm³/mol. The highest BCUT2D eigenvalue weighted by Crippen LogP contribution is 2.18. The van der Waals surface area contributed by atoms with Crippen molar-refractivity contribution in [2.24, 2.45) is 0 Å². The Labute approximate surface area is 135 Å². The summed E-state index contributed by atoms with van der Waals surface area (Å²) in [6.07, 6.45) is 0. The Hall–Kier alpha value is -0.880. The van der Waals surface area contributed by atoms with Crippen LogP contribution in [0.4, 0.5) is 0 Å². The highest BCUT2D eigenvalue weighted by Gasteiger charge is 2.21. The second-order valence-electron chi connectivity index (χ2n) is 4.72. The molecule has 0 N–H and O–H groups in total. The molecule has 3 nitrogen and oxygen atoms in total. The lowest BCUT2D eigenvalue weighted by Crippen LogP contribution is -2.31. The van der Waals surface area contributed by atoms with Crippen molar-refractivity contribution < 1.29 is 8.42 Å². The number of alkyl halides is 1. The molecule has 0 amide bonds. The standard InChI is InChI=1S/C15H18ClNO2S2/c1-2-17(11-15-7-4-8-20-15)21(18,19)12-14-6-3-5-13(9-14)10-16/h3-9H,2,10-12H2,1H3. The van der Waals surface area contributed by atoms with Crippen LogP contribution in [0, 0.1) is 0 Å². The van der Waals surface area contributed by atoms with Gasteiger partial charge in [0.15, 0.2) is 0 Å². The zero-order valence-corrected chi connectivity index (χ0v) is 14.2. The van der Waals surface area contributed by atoms with Crippen molar-refractivity contribution in [3.63, 3.8) is 0 Å². The maximum atomic E-state index is 12.6. The van der Waals surface area contributed by atoms with E-state index in [1.54, 1.807) is 11.3 Å². The smallest absolute Gasteiger partial charge is 0.212 e. The summed E-state index contributed by atoms with van der Waals surface area (Å²) in [5.41, 5.74) is 1.71. The fourth-order valence-corrected chi connectivity index (χ4v) is 4.57. The van der Waals surface area contributed by atoms with Gasteiger partial charge in [0.25, 0.3) is 0 Å². The summed E-state index contributed by atoms with van der Waals surface area (Å²) < 4.78 is 26.6. The molecule has 21 heavy (non-hydrogen) atoms. The van der Waals surface area contributed by atoms with Crippen LogP contribution in [-0.4, -0.2) is 19.3 Å². The lowest BCUT2D eigenvalue weighted by molar-refractivity contribution is 0.425. The lowest BCUT2D eigenvalue weighted by atomic mass is 10.2. The van der Waals surface area contributed by atoms with Crippen LogP contribution >= 0.6 is 22.9 Å². The van der Waals surface area contributed by atoms with Gasteiger partial charge in [-0.3, -0.25) is 0 Å². The van der Waals surface area contributed by atoms with Gasteiger partial charge in [0.1, 0.15) is 0 Å². The van der Waals surface area contributed by atoms with Gasteiger partial charge in [-0.25, -0.2) is 8.42 Å². The van der Waals surface area contributed by atoms with Crippen molar-refractivity contribution in [2.45, 2.75) is 25.1 Å². The fourth-order valence-electron chi connectivity index (χ4n) is 2.09. The molecule has 1 aromatic carbocycles. The van der Waals surface area contributed by atoms with E-state index >= 15 is 0 Å². The van der Waals surface area contributed by atoms with E-state index in [-0.39, 0.29) is 5.75 Å². The molecule has 0 radical (unpaired) electrons. The van der Waals surface area contributed by atoms with E-state index in [4.69, 9.17) is 11.6 Å². The normalized spacial score (nSPS) is 12.0. The summed E-state index contributed by atoms with van der Waals surface area (Å²) in [5, 5.41) is 1.96. The van der Waals surface area contributed by atoms with E-state index in [0.29, 0.717) is 19.0 Å². The summed E-state index contributed by atoms with van der Waals surface area (Å²) in [5.74, 6) is 0.400. The molecule has 114 valence electrons. The van der Waals surface area contributed by atoms with E-state index in [9.17, 15) is 8.42 Å². The van der Waals surface area contributed by atoms with E-state index < -0.39 is 10.0 Å². The monoisotopic (exact) mass is 343 g/mol. The number of thiophene rings is 1. The van der Waals surface area contributed by atoms with Gasteiger partial charge < -0.3 is 0 Å². The predicted octanol–water partition coefficient (Wildman–Crippen LogP) is 3.84. The first-order valence-corrected chi connectivity index (χ1v) is 9.71. The SMILES string of the molecule is CCN(Cc1cccs1)S(=O)(=O)Cc1cccc(CCl)c1. The third kappa shape index (κ3) is 4.54. The maximum absolute atomic E-state index is 12.6. The van der Waals surface area contributed by atoms with E-state index in [1.165, 1.54) is 4.31 Å². The Balaban J connectivity index is 2.15. The first kappa shape index (κ1) is 16.5. The molecular formula is C15H18ClNO2S2. The molecule has 0 aliphatic heterocycles. The lowest BCUT2D eigenvalue weighted by Gasteiger charge is -2.20. The number of rotatable bonds is 7. The van der Waals surface area contributed by atoms with Gasteiger partial charge in [-0.1, -0.05) is 37.3 Å². The Bertz CT molecular complexity index is 669. The second-order valence-corrected chi connectivity index (χ2v) is 7.98. The molecule has 1 aromatic heterocycles. The van der Waals surface area contributed by atoms with Crippen molar-refractivity contribution in [2.75, 3.05) is 6.54 Å². The quantitative estimate of drug-likeness (QED) is 0.716. The Morgan fingerprint density at radius 2 is 1.95 bits per heavy atom. The molecule has 0 spiro atoms. The van der Waals surface area contributed by atoms with Crippen molar-refractivity contribution in [3.05, 3.63) is 57.8 Å². The molecule has 0 atom stereocenters. The number of hydrogen-bond donors (Lipinski definition) is 0. The third-order valence-electron chi connectivity index (χ3n) is 3.15. The minimum atomic E-state index is -3.33. The number of hydrogen-bond acceptors (Lipinski definition) is 3. The van der Waals surface area contributed by atoms with Crippen LogP contribution in [0.5, 0.6) is 0 Å². The van der Waals surface area contributed by atoms with Crippen LogP contribution < -0.4 is 0 Å². The van der Waals surface area contributed by atoms with Crippen molar-refractivity contribution >= 4 is 33.0 Å². The minimum Gasteiger partial charge on any atom is -0.212 e. The van der Waals surface area contributed by atoms with Crippen LogP contribution in [0.25, 0.3) is 0 Å². The first-order chi connectivity index (χ1) is 10.0. The molecular weight excluding hydrogens is 326 g/mol. The molecule has 2 rings (SSSR count). The van der Waals surface area contributed by atoms with E-state index in [2.05, 4.69) is 0 Å². The molecule has 0 saturated heterocycles. The summed E-state index contributed by atoms with van der Waals surface area (Å²) in [6, 6.07) is 11.3.